The summed E-state index contributed by atoms with van der Waals surface area (Å²) in [5.41, 5.74) is 0.503. The van der Waals surface area contributed by atoms with Crippen LogP contribution in [0.1, 0.15) is 42.5 Å². The van der Waals surface area contributed by atoms with Gasteiger partial charge in [-0.05, 0) is 37.8 Å². The summed E-state index contributed by atoms with van der Waals surface area (Å²) in [5, 5.41) is 8.89. The number of carbonyl (C=O) groups excluding carboxylic acids is 1. The van der Waals surface area contributed by atoms with Gasteiger partial charge in [-0.3, -0.25) is 9.59 Å². The first-order valence-corrected chi connectivity index (χ1v) is 7.81. The van der Waals surface area contributed by atoms with Crippen LogP contribution in [0.5, 0.6) is 11.5 Å². The van der Waals surface area contributed by atoms with Crippen LogP contribution < -0.4 is 9.47 Å². The van der Waals surface area contributed by atoms with Gasteiger partial charge in [0.2, 0.25) is 0 Å². The van der Waals surface area contributed by atoms with Gasteiger partial charge in [0.25, 0.3) is 5.91 Å². The van der Waals surface area contributed by atoms with E-state index in [0.29, 0.717) is 30.0 Å². The van der Waals surface area contributed by atoms with Crippen molar-refractivity contribution in [1.29, 1.82) is 0 Å². The molecule has 1 heterocycles. The summed E-state index contributed by atoms with van der Waals surface area (Å²) >= 11 is 0. The normalized spacial score (nSPS) is 17.7. The minimum atomic E-state index is -0.828. The Hall–Kier alpha value is -2.24. The van der Waals surface area contributed by atoms with E-state index in [1.165, 1.54) is 0 Å². The Balaban J connectivity index is 2.20. The van der Waals surface area contributed by atoms with Crippen molar-refractivity contribution in [2.24, 2.45) is 0 Å². The monoisotopic (exact) mass is 321 g/mol. The maximum absolute atomic E-state index is 12.9. The van der Waals surface area contributed by atoms with E-state index in [1.54, 1.807) is 37.3 Å². The molecule has 2 rings (SSSR count). The molecule has 1 aliphatic rings. The molecule has 23 heavy (non-hydrogen) atoms. The number of carbonyl (C=O) groups is 2. The maximum Gasteiger partial charge on any atom is 0.303 e. The molecule has 1 unspecified atom stereocenters. The molecule has 0 bridgehead atoms. The van der Waals surface area contributed by atoms with E-state index in [1.807, 2.05) is 0 Å². The van der Waals surface area contributed by atoms with Gasteiger partial charge in [-0.2, -0.15) is 0 Å². The minimum absolute atomic E-state index is 0.0236. The van der Waals surface area contributed by atoms with E-state index < -0.39 is 5.97 Å². The van der Waals surface area contributed by atoms with E-state index in [4.69, 9.17) is 14.6 Å². The highest BCUT2D eigenvalue weighted by Gasteiger charge is 2.28. The number of amides is 1. The smallest absolute Gasteiger partial charge is 0.303 e. The molecular formula is C17H23NO5. The first-order valence-electron chi connectivity index (χ1n) is 7.81. The first-order chi connectivity index (χ1) is 11.0. The number of carboxylic acids is 1. The highest BCUT2D eigenvalue weighted by Crippen LogP contribution is 2.27. The molecule has 0 radical (unpaired) electrons. The van der Waals surface area contributed by atoms with Crippen LogP contribution in [0.2, 0.25) is 0 Å². The summed E-state index contributed by atoms with van der Waals surface area (Å²) in [6, 6.07) is 5.07. The molecule has 1 aliphatic heterocycles. The molecule has 1 fully saturated rings. The number of benzene rings is 1. The highest BCUT2D eigenvalue weighted by atomic mass is 16.5. The van der Waals surface area contributed by atoms with Crippen LogP contribution in [-0.2, 0) is 4.79 Å². The van der Waals surface area contributed by atoms with E-state index in [0.717, 1.165) is 19.3 Å². The molecule has 1 atom stereocenters. The van der Waals surface area contributed by atoms with E-state index in [2.05, 4.69) is 0 Å². The van der Waals surface area contributed by atoms with Crippen LogP contribution >= 0.6 is 0 Å². The number of aliphatic carboxylic acids is 1. The standard InChI is InChI=1S/C17H23NO5/c1-22-14-9-12(10-15(11-14)23-2)17(21)18-8-4-3-5-13(18)6-7-16(19)20/h9-11,13H,3-8H2,1-2H3,(H,19,20). The zero-order valence-corrected chi connectivity index (χ0v) is 13.6. The van der Waals surface area contributed by atoms with Crippen molar-refractivity contribution in [1.82, 2.24) is 4.90 Å². The lowest BCUT2D eigenvalue weighted by molar-refractivity contribution is -0.137. The van der Waals surface area contributed by atoms with Gasteiger partial charge in [-0.1, -0.05) is 0 Å². The number of hydrogen-bond donors (Lipinski definition) is 1. The third-order valence-electron chi connectivity index (χ3n) is 4.18. The first kappa shape index (κ1) is 17.1. The van der Waals surface area contributed by atoms with Gasteiger partial charge in [0, 0.05) is 30.6 Å². The second kappa shape index (κ2) is 7.85. The number of carboxylic acid groups (broad SMARTS) is 1. The van der Waals surface area contributed by atoms with Crippen LogP contribution in [0.3, 0.4) is 0 Å². The predicted molar refractivity (Wildman–Crippen MR) is 85.1 cm³/mol. The van der Waals surface area contributed by atoms with Crippen molar-refractivity contribution in [2.75, 3.05) is 20.8 Å². The number of likely N-dealkylation sites (tertiary alicyclic amines) is 1. The zero-order valence-electron chi connectivity index (χ0n) is 13.6. The average Bonchev–Trinajstić information content (AvgIpc) is 2.58. The summed E-state index contributed by atoms with van der Waals surface area (Å²) in [5.74, 6) is 0.196. The summed E-state index contributed by atoms with van der Waals surface area (Å²) in [6.45, 7) is 0.655. The molecule has 1 N–H and O–H groups in total. The van der Waals surface area contributed by atoms with Crippen LogP contribution in [0.15, 0.2) is 18.2 Å². The second-order valence-electron chi connectivity index (χ2n) is 5.68. The fourth-order valence-electron chi connectivity index (χ4n) is 2.95. The van der Waals surface area contributed by atoms with Gasteiger partial charge in [-0.25, -0.2) is 0 Å². The third-order valence-corrected chi connectivity index (χ3v) is 4.18. The average molecular weight is 321 g/mol. The fraction of sp³-hybridized carbons (Fsp3) is 0.529. The lowest BCUT2D eigenvalue weighted by Crippen LogP contribution is -2.44. The lowest BCUT2D eigenvalue weighted by Gasteiger charge is -2.35. The van der Waals surface area contributed by atoms with Gasteiger partial charge in [-0.15, -0.1) is 0 Å². The Morgan fingerprint density at radius 1 is 1.17 bits per heavy atom. The second-order valence-corrected chi connectivity index (χ2v) is 5.68. The van der Waals surface area contributed by atoms with Gasteiger partial charge in [0.1, 0.15) is 11.5 Å². The van der Waals surface area contributed by atoms with Crippen molar-refractivity contribution in [2.45, 2.75) is 38.1 Å². The summed E-state index contributed by atoms with van der Waals surface area (Å²) in [4.78, 5) is 25.5. The van der Waals surface area contributed by atoms with Crippen LogP contribution in [-0.4, -0.2) is 48.7 Å². The maximum atomic E-state index is 12.9. The Labute approximate surface area is 136 Å². The van der Waals surface area contributed by atoms with E-state index >= 15 is 0 Å². The van der Waals surface area contributed by atoms with Crippen molar-refractivity contribution in [3.63, 3.8) is 0 Å². The van der Waals surface area contributed by atoms with Crippen LogP contribution in [0, 0.1) is 0 Å². The van der Waals surface area contributed by atoms with Gasteiger partial charge in [0.15, 0.2) is 0 Å². The number of piperidine rings is 1. The van der Waals surface area contributed by atoms with Crippen LogP contribution in [0.4, 0.5) is 0 Å². The number of methoxy groups -OCH3 is 2. The summed E-state index contributed by atoms with van der Waals surface area (Å²) in [6.07, 6.45) is 3.38. The fourth-order valence-corrected chi connectivity index (χ4v) is 2.95. The Morgan fingerprint density at radius 3 is 2.39 bits per heavy atom. The number of nitrogens with zero attached hydrogens (tertiary/aromatic N) is 1. The molecule has 0 aliphatic carbocycles. The molecule has 1 aromatic rings. The van der Waals surface area contributed by atoms with Crippen molar-refractivity contribution in [3.8, 4) is 11.5 Å². The lowest BCUT2D eigenvalue weighted by atomic mass is 9.97. The molecule has 6 heteroatoms. The van der Waals surface area contributed by atoms with Crippen molar-refractivity contribution < 1.29 is 24.2 Å². The quantitative estimate of drug-likeness (QED) is 0.871. The topological polar surface area (TPSA) is 76.1 Å². The van der Waals surface area contributed by atoms with E-state index in [9.17, 15) is 9.59 Å². The molecular weight excluding hydrogens is 298 g/mol. The predicted octanol–water partition coefficient (Wildman–Crippen LogP) is 2.56. The number of hydrogen-bond acceptors (Lipinski definition) is 4. The SMILES string of the molecule is COc1cc(OC)cc(C(=O)N2CCCCC2CCC(=O)O)c1. The molecule has 1 aromatic carbocycles. The molecule has 0 aromatic heterocycles. The Morgan fingerprint density at radius 2 is 1.83 bits per heavy atom. The van der Waals surface area contributed by atoms with E-state index in [-0.39, 0.29) is 18.4 Å². The molecule has 6 nitrogen and oxygen atoms in total. The molecule has 1 amide bonds. The highest BCUT2D eigenvalue weighted by molar-refractivity contribution is 5.95. The molecule has 126 valence electrons. The molecule has 0 saturated carbocycles. The Bertz CT molecular complexity index is 550. The number of ether oxygens (including phenoxy) is 2. The molecule has 1 saturated heterocycles. The largest absolute Gasteiger partial charge is 0.497 e. The van der Waals surface area contributed by atoms with Crippen LogP contribution in [0.25, 0.3) is 0 Å². The zero-order chi connectivity index (χ0) is 16.8. The van der Waals surface area contributed by atoms with Gasteiger partial charge >= 0.3 is 5.97 Å². The van der Waals surface area contributed by atoms with Gasteiger partial charge in [0.05, 0.1) is 14.2 Å². The van der Waals surface area contributed by atoms with Gasteiger partial charge < -0.3 is 19.5 Å². The number of rotatable bonds is 6. The Kier molecular flexibility index (Phi) is 5.84. The summed E-state index contributed by atoms with van der Waals surface area (Å²) in [7, 11) is 3.08. The minimum Gasteiger partial charge on any atom is -0.497 e. The molecule has 0 spiro atoms. The third kappa shape index (κ3) is 4.37. The summed E-state index contributed by atoms with van der Waals surface area (Å²) < 4.78 is 10.4. The van der Waals surface area contributed by atoms with Crippen molar-refractivity contribution in [3.05, 3.63) is 23.8 Å². The van der Waals surface area contributed by atoms with Crippen molar-refractivity contribution >= 4 is 11.9 Å².